The number of benzene rings is 1. The van der Waals surface area contributed by atoms with Crippen molar-refractivity contribution in [2.75, 3.05) is 37.9 Å². The number of hydrogen-bond donors (Lipinski definition) is 2. The molecule has 0 spiro atoms. The first-order valence-electron chi connectivity index (χ1n) is 11.5. The first-order chi connectivity index (χ1) is 16.2. The molecule has 0 saturated carbocycles. The molecule has 184 valence electrons. The molecule has 1 aliphatic rings. The van der Waals surface area contributed by atoms with E-state index >= 15 is 0 Å². The molecule has 0 saturated heterocycles. The molecule has 2 amide bonds. The van der Waals surface area contributed by atoms with Crippen molar-refractivity contribution in [3.63, 3.8) is 0 Å². The Hall–Kier alpha value is -2.91. The van der Waals surface area contributed by atoms with Crippen LogP contribution in [0.2, 0.25) is 0 Å². The van der Waals surface area contributed by atoms with Crippen molar-refractivity contribution >= 4 is 39.8 Å². The van der Waals surface area contributed by atoms with Gasteiger partial charge in [-0.15, -0.1) is 11.3 Å². The van der Waals surface area contributed by atoms with Gasteiger partial charge in [0.1, 0.15) is 10.8 Å². The number of carbonyl (C=O) groups excluding carboxylic acids is 3. The fourth-order valence-corrected chi connectivity index (χ4v) is 5.31. The molecule has 0 aliphatic heterocycles. The van der Waals surface area contributed by atoms with Crippen LogP contribution in [-0.2, 0) is 27.2 Å². The third-order valence-corrected chi connectivity index (χ3v) is 7.21. The van der Waals surface area contributed by atoms with E-state index in [-0.39, 0.29) is 25.0 Å². The highest BCUT2D eigenvalue weighted by Crippen LogP contribution is 2.40. The van der Waals surface area contributed by atoms with Gasteiger partial charge in [-0.3, -0.25) is 14.5 Å². The van der Waals surface area contributed by atoms with E-state index in [1.165, 1.54) is 11.3 Å². The summed E-state index contributed by atoms with van der Waals surface area (Å²) >= 11 is 1.46. The second kappa shape index (κ2) is 11.5. The van der Waals surface area contributed by atoms with Crippen LogP contribution in [0.3, 0.4) is 0 Å². The number of esters is 1. The van der Waals surface area contributed by atoms with Crippen LogP contribution in [0.4, 0.5) is 10.7 Å². The molecule has 0 bridgehead atoms. The van der Waals surface area contributed by atoms with Gasteiger partial charge >= 0.3 is 5.97 Å². The molecular formula is C25H33N3O5S. The van der Waals surface area contributed by atoms with Gasteiger partial charge in [-0.2, -0.15) is 0 Å². The lowest BCUT2D eigenvalue weighted by Gasteiger charge is -2.23. The maximum Gasteiger partial charge on any atom is 0.341 e. The standard InChI is InChI=1S/C25H33N3O5S/c1-6-33-25(31)22-19-12-7-15(2)13-20(19)34-24(22)27-23(30)16(3)28(4)14-21(29)26-17-8-10-18(32-5)11-9-17/h8-11,15-16H,6-7,12-14H2,1-5H3,(H,26,29)(H,27,30)/t15-,16-/m1/s1. The Morgan fingerprint density at radius 3 is 2.56 bits per heavy atom. The number of amides is 2. The molecule has 1 heterocycles. The van der Waals surface area contributed by atoms with E-state index in [0.29, 0.717) is 27.9 Å². The topological polar surface area (TPSA) is 97.0 Å². The van der Waals surface area contributed by atoms with E-state index in [1.54, 1.807) is 57.2 Å². The maximum absolute atomic E-state index is 13.0. The Morgan fingerprint density at radius 2 is 1.91 bits per heavy atom. The van der Waals surface area contributed by atoms with E-state index in [2.05, 4.69) is 17.6 Å². The van der Waals surface area contributed by atoms with E-state index in [4.69, 9.17) is 9.47 Å². The number of nitrogens with zero attached hydrogens (tertiary/aromatic N) is 1. The zero-order valence-electron chi connectivity index (χ0n) is 20.4. The predicted octanol–water partition coefficient (Wildman–Crippen LogP) is 3.96. The van der Waals surface area contributed by atoms with Crippen molar-refractivity contribution in [1.82, 2.24) is 4.90 Å². The molecule has 1 aliphatic carbocycles. The van der Waals surface area contributed by atoms with Crippen molar-refractivity contribution in [2.45, 2.75) is 46.1 Å². The summed E-state index contributed by atoms with van der Waals surface area (Å²) in [6.07, 6.45) is 2.70. The van der Waals surface area contributed by atoms with Crippen LogP contribution in [-0.4, -0.2) is 56.0 Å². The Labute approximate surface area is 204 Å². The SMILES string of the molecule is CCOC(=O)c1c(NC(=O)[C@@H](C)N(C)CC(=O)Nc2ccc(OC)cc2)sc2c1CC[C@@H](C)C2. The first-order valence-corrected chi connectivity index (χ1v) is 12.3. The molecule has 3 rings (SSSR count). The largest absolute Gasteiger partial charge is 0.497 e. The summed E-state index contributed by atoms with van der Waals surface area (Å²) in [5, 5.41) is 6.28. The molecular weight excluding hydrogens is 454 g/mol. The van der Waals surface area contributed by atoms with Gasteiger partial charge in [0.25, 0.3) is 0 Å². The van der Waals surface area contributed by atoms with Gasteiger partial charge in [-0.25, -0.2) is 4.79 Å². The molecule has 0 fully saturated rings. The van der Waals surface area contributed by atoms with E-state index in [1.807, 2.05) is 0 Å². The van der Waals surface area contributed by atoms with Crippen molar-refractivity contribution in [2.24, 2.45) is 5.92 Å². The number of hydrogen-bond acceptors (Lipinski definition) is 7. The maximum atomic E-state index is 13.0. The highest BCUT2D eigenvalue weighted by molar-refractivity contribution is 7.17. The van der Waals surface area contributed by atoms with Crippen LogP contribution in [0.1, 0.15) is 48.0 Å². The number of rotatable bonds is 9. The number of carbonyl (C=O) groups is 3. The molecule has 8 nitrogen and oxygen atoms in total. The molecule has 9 heteroatoms. The van der Waals surface area contributed by atoms with Gasteiger partial charge in [0, 0.05) is 10.6 Å². The zero-order chi connectivity index (χ0) is 24.8. The highest BCUT2D eigenvalue weighted by Gasteiger charge is 2.30. The summed E-state index contributed by atoms with van der Waals surface area (Å²) in [4.78, 5) is 41.0. The summed E-state index contributed by atoms with van der Waals surface area (Å²) in [7, 11) is 3.29. The summed E-state index contributed by atoms with van der Waals surface area (Å²) in [6.45, 7) is 6.00. The summed E-state index contributed by atoms with van der Waals surface area (Å²) in [6, 6.07) is 6.44. The third kappa shape index (κ3) is 6.15. The molecule has 1 aromatic carbocycles. The second-order valence-corrected chi connectivity index (χ2v) is 9.74. The smallest absolute Gasteiger partial charge is 0.341 e. The molecule has 0 radical (unpaired) electrons. The number of fused-ring (bicyclic) bond motifs is 1. The third-order valence-electron chi connectivity index (χ3n) is 6.04. The summed E-state index contributed by atoms with van der Waals surface area (Å²) < 4.78 is 10.4. The van der Waals surface area contributed by atoms with Crippen molar-refractivity contribution in [3.05, 3.63) is 40.3 Å². The van der Waals surface area contributed by atoms with Gasteiger partial charge in [-0.05, 0) is 75.9 Å². The Bertz CT molecular complexity index is 1030. The minimum Gasteiger partial charge on any atom is -0.497 e. The zero-order valence-corrected chi connectivity index (χ0v) is 21.2. The molecule has 2 N–H and O–H groups in total. The van der Waals surface area contributed by atoms with Crippen LogP contribution in [0.5, 0.6) is 5.75 Å². The van der Waals surface area contributed by atoms with E-state index in [9.17, 15) is 14.4 Å². The Balaban J connectivity index is 1.66. The summed E-state index contributed by atoms with van der Waals surface area (Å²) in [5.41, 5.74) is 2.12. The number of methoxy groups -OCH3 is 1. The van der Waals surface area contributed by atoms with Crippen molar-refractivity contribution in [1.29, 1.82) is 0 Å². The lowest BCUT2D eigenvalue weighted by molar-refractivity contribution is -0.122. The minimum atomic E-state index is -0.588. The van der Waals surface area contributed by atoms with Crippen LogP contribution in [0.15, 0.2) is 24.3 Å². The average Bonchev–Trinajstić information content (AvgIpc) is 3.15. The van der Waals surface area contributed by atoms with Crippen LogP contribution < -0.4 is 15.4 Å². The van der Waals surface area contributed by atoms with Crippen LogP contribution >= 0.6 is 11.3 Å². The molecule has 0 unspecified atom stereocenters. The number of ether oxygens (including phenoxy) is 2. The lowest BCUT2D eigenvalue weighted by atomic mass is 9.88. The van der Waals surface area contributed by atoms with E-state index < -0.39 is 12.0 Å². The Morgan fingerprint density at radius 1 is 1.21 bits per heavy atom. The lowest BCUT2D eigenvalue weighted by Crippen LogP contribution is -2.43. The fourth-order valence-electron chi connectivity index (χ4n) is 3.91. The molecule has 1 aromatic heterocycles. The normalized spacial score (nSPS) is 15.9. The highest BCUT2D eigenvalue weighted by atomic mass is 32.1. The van der Waals surface area contributed by atoms with Gasteiger partial charge in [-0.1, -0.05) is 6.92 Å². The van der Waals surface area contributed by atoms with Gasteiger partial charge in [0.15, 0.2) is 0 Å². The molecule has 2 atom stereocenters. The quantitative estimate of drug-likeness (QED) is 0.520. The number of thiophene rings is 1. The monoisotopic (exact) mass is 487 g/mol. The van der Waals surface area contributed by atoms with Crippen LogP contribution in [0.25, 0.3) is 0 Å². The average molecular weight is 488 g/mol. The molecule has 2 aromatic rings. The van der Waals surface area contributed by atoms with E-state index in [0.717, 1.165) is 29.7 Å². The van der Waals surface area contributed by atoms with Gasteiger partial charge < -0.3 is 20.1 Å². The van der Waals surface area contributed by atoms with Crippen LogP contribution in [0, 0.1) is 5.92 Å². The van der Waals surface area contributed by atoms with Crippen molar-refractivity contribution < 1.29 is 23.9 Å². The van der Waals surface area contributed by atoms with Crippen molar-refractivity contribution in [3.8, 4) is 5.75 Å². The number of likely N-dealkylation sites (N-methyl/N-ethyl adjacent to an activating group) is 1. The first kappa shape index (κ1) is 25.7. The fraction of sp³-hybridized carbons (Fsp3) is 0.480. The summed E-state index contributed by atoms with van der Waals surface area (Å²) in [5.74, 6) is 0.327. The molecule has 34 heavy (non-hydrogen) atoms. The number of nitrogens with one attached hydrogen (secondary N) is 2. The predicted molar refractivity (Wildman–Crippen MR) is 134 cm³/mol. The van der Waals surface area contributed by atoms with Gasteiger partial charge in [0.05, 0.1) is 31.9 Å². The minimum absolute atomic E-state index is 0.0316. The Kier molecular flexibility index (Phi) is 8.68. The van der Waals surface area contributed by atoms with Gasteiger partial charge in [0.2, 0.25) is 11.8 Å². The number of anilines is 2. The second-order valence-electron chi connectivity index (χ2n) is 8.63.